The van der Waals surface area contributed by atoms with E-state index in [1.54, 1.807) is 43.7 Å². The second-order valence-electron chi connectivity index (χ2n) is 8.30. The summed E-state index contributed by atoms with van der Waals surface area (Å²) in [5.74, 6) is 0.234. The first-order chi connectivity index (χ1) is 18.0. The Bertz CT molecular complexity index is 1640. The second-order valence-corrected chi connectivity index (χ2v) is 9.50. The van der Waals surface area contributed by atoms with E-state index in [1.165, 1.54) is 35.8 Å². The SMILES string of the molecule is C=CC(=O)N(C)c1cc(OC)cc(-c2cnc3c(c2)c(-c2ccnc(C#N)c2)cn3C(C)OP(=O)(O)O)c1. The molecule has 0 aliphatic carbocycles. The molecule has 1 amide bonds. The molecule has 0 fully saturated rings. The van der Waals surface area contributed by atoms with E-state index in [9.17, 15) is 24.4 Å². The molecule has 0 saturated heterocycles. The van der Waals surface area contributed by atoms with Gasteiger partial charge < -0.3 is 24.0 Å². The van der Waals surface area contributed by atoms with Crippen LogP contribution in [0.1, 0.15) is 18.8 Å². The third kappa shape index (κ3) is 5.49. The van der Waals surface area contributed by atoms with Gasteiger partial charge in [-0.2, -0.15) is 5.26 Å². The number of pyridine rings is 2. The topological polar surface area (TPSA) is 151 Å². The van der Waals surface area contributed by atoms with Crippen LogP contribution in [0.15, 0.2) is 67.6 Å². The molecule has 0 spiro atoms. The minimum absolute atomic E-state index is 0.208. The smallest absolute Gasteiger partial charge is 0.471 e. The minimum Gasteiger partial charge on any atom is -0.497 e. The quantitative estimate of drug-likeness (QED) is 0.248. The molecule has 3 heterocycles. The third-order valence-corrected chi connectivity index (χ3v) is 6.47. The van der Waals surface area contributed by atoms with Gasteiger partial charge in [-0.15, -0.1) is 0 Å². The molecule has 12 heteroatoms. The summed E-state index contributed by atoms with van der Waals surface area (Å²) in [5, 5.41) is 9.97. The van der Waals surface area contributed by atoms with Gasteiger partial charge in [0.15, 0.2) is 0 Å². The van der Waals surface area contributed by atoms with Gasteiger partial charge in [0, 0.05) is 53.9 Å². The number of phosphoric acid groups is 1. The van der Waals surface area contributed by atoms with E-state index in [-0.39, 0.29) is 11.6 Å². The lowest BCUT2D eigenvalue weighted by Crippen LogP contribution is -2.23. The first-order valence-corrected chi connectivity index (χ1v) is 12.8. The highest BCUT2D eigenvalue weighted by Crippen LogP contribution is 2.43. The Morgan fingerprint density at radius 3 is 2.63 bits per heavy atom. The number of fused-ring (bicyclic) bond motifs is 1. The lowest BCUT2D eigenvalue weighted by molar-refractivity contribution is -0.113. The number of benzene rings is 1. The standard InChI is InChI=1S/C26H24N5O6P/c1-5-25(32)30(3)21-9-18(10-22(12-21)36-4)19-11-23-24(17-6-7-28-20(8-17)13-27)15-31(26(23)29-14-19)16(2)37-38(33,34)35/h5-12,14-16H,1H2,2-4H3,(H2,33,34,35). The first-order valence-electron chi connectivity index (χ1n) is 11.2. The highest BCUT2D eigenvalue weighted by atomic mass is 31.2. The number of hydrogen-bond donors (Lipinski definition) is 2. The third-order valence-electron chi connectivity index (χ3n) is 5.89. The fraction of sp³-hybridized carbons (Fsp3) is 0.154. The van der Waals surface area contributed by atoms with Crippen LogP contribution in [0.5, 0.6) is 5.75 Å². The number of rotatable bonds is 8. The number of amides is 1. The predicted octanol–water partition coefficient (Wildman–Crippen LogP) is 4.42. The Hall–Kier alpha value is -4.33. The average molecular weight is 533 g/mol. The number of ether oxygens (including phenoxy) is 1. The molecule has 1 aromatic carbocycles. The fourth-order valence-electron chi connectivity index (χ4n) is 4.03. The Kier molecular flexibility index (Phi) is 7.44. The number of nitriles is 1. The van der Waals surface area contributed by atoms with Crippen molar-refractivity contribution in [3.8, 4) is 34.1 Å². The van der Waals surface area contributed by atoms with Crippen molar-refractivity contribution in [2.75, 3.05) is 19.1 Å². The van der Waals surface area contributed by atoms with Crippen LogP contribution in [-0.2, 0) is 13.9 Å². The van der Waals surface area contributed by atoms with Crippen molar-refractivity contribution in [1.29, 1.82) is 5.26 Å². The van der Waals surface area contributed by atoms with Crippen LogP contribution >= 0.6 is 7.82 Å². The summed E-state index contributed by atoms with van der Waals surface area (Å²) in [6, 6.07) is 12.5. The molecule has 11 nitrogen and oxygen atoms in total. The summed E-state index contributed by atoms with van der Waals surface area (Å²) in [4.78, 5) is 41.0. The minimum atomic E-state index is -4.79. The number of hydrogen-bond acceptors (Lipinski definition) is 7. The van der Waals surface area contributed by atoms with Gasteiger partial charge >= 0.3 is 7.82 Å². The number of nitrogens with zero attached hydrogens (tertiary/aromatic N) is 5. The normalized spacial score (nSPS) is 12.1. The van der Waals surface area contributed by atoms with Gasteiger partial charge in [-0.05, 0) is 54.5 Å². The number of carbonyl (C=O) groups is 1. The van der Waals surface area contributed by atoms with Crippen molar-refractivity contribution in [1.82, 2.24) is 14.5 Å². The molecule has 1 unspecified atom stereocenters. The summed E-state index contributed by atoms with van der Waals surface area (Å²) >= 11 is 0. The zero-order valence-corrected chi connectivity index (χ0v) is 21.7. The van der Waals surface area contributed by atoms with Gasteiger partial charge in [0.2, 0.25) is 5.91 Å². The van der Waals surface area contributed by atoms with Crippen molar-refractivity contribution >= 4 is 30.5 Å². The van der Waals surface area contributed by atoms with E-state index in [0.29, 0.717) is 44.7 Å². The number of aromatic nitrogens is 3. The summed E-state index contributed by atoms with van der Waals surface area (Å²) in [7, 11) is -1.64. The van der Waals surface area contributed by atoms with Crippen LogP contribution in [0.25, 0.3) is 33.3 Å². The van der Waals surface area contributed by atoms with E-state index in [1.807, 2.05) is 18.2 Å². The molecule has 2 N–H and O–H groups in total. The molecule has 0 saturated carbocycles. The van der Waals surface area contributed by atoms with Gasteiger partial charge in [0.1, 0.15) is 29.4 Å². The van der Waals surface area contributed by atoms with Crippen LogP contribution in [0.3, 0.4) is 0 Å². The predicted molar refractivity (Wildman–Crippen MR) is 141 cm³/mol. The van der Waals surface area contributed by atoms with Crippen molar-refractivity contribution in [3.63, 3.8) is 0 Å². The van der Waals surface area contributed by atoms with Crippen LogP contribution in [0.4, 0.5) is 5.69 Å². The molecule has 194 valence electrons. The summed E-state index contributed by atoms with van der Waals surface area (Å²) in [6.45, 7) is 5.03. The highest BCUT2D eigenvalue weighted by Gasteiger charge is 2.24. The largest absolute Gasteiger partial charge is 0.497 e. The zero-order valence-electron chi connectivity index (χ0n) is 20.8. The van der Waals surface area contributed by atoms with E-state index in [0.717, 1.165) is 0 Å². The van der Waals surface area contributed by atoms with Gasteiger partial charge in [0.25, 0.3) is 0 Å². The van der Waals surface area contributed by atoms with E-state index in [4.69, 9.17) is 9.26 Å². The molecule has 0 aliphatic heterocycles. The van der Waals surface area contributed by atoms with Gasteiger partial charge in [-0.3, -0.25) is 9.32 Å². The van der Waals surface area contributed by atoms with Crippen molar-refractivity contribution in [3.05, 3.63) is 73.3 Å². The van der Waals surface area contributed by atoms with Crippen LogP contribution in [0.2, 0.25) is 0 Å². The monoisotopic (exact) mass is 533 g/mol. The zero-order chi connectivity index (χ0) is 27.6. The number of likely N-dealkylation sites (N-methyl/N-ethyl adjacent to an activating group) is 1. The maximum atomic E-state index is 12.2. The molecule has 0 aliphatic rings. The van der Waals surface area contributed by atoms with Crippen LogP contribution in [0, 0.1) is 11.3 Å². The number of methoxy groups -OCH3 is 1. The molecular weight excluding hydrogens is 509 g/mol. The molecular formula is C26H24N5O6P. The van der Waals surface area contributed by atoms with E-state index < -0.39 is 14.1 Å². The molecule has 4 rings (SSSR count). The van der Waals surface area contributed by atoms with Crippen molar-refractivity contribution in [2.24, 2.45) is 0 Å². The maximum absolute atomic E-state index is 12.2. The summed E-state index contributed by atoms with van der Waals surface area (Å²) in [5.41, 5.74) is 3.90. The Morgan fingerprint density at radius 2 is 1.97 bits per heavy atom. The molecule has 0 radical (unpaired) electrons. The lowest BCUT2D eigenvalue weighted by Gasteiger charge is -2.18. The second kappa shape index (κ2) is 10.6. The Morgan fingerprint density at radius 1 is 1.21 bits per heavy atom. The van der Waals surface area contributed by atoms with Crippen LogP contribution < -0.4 is 9.64 Å². The fourth-order valence-corrected chi connectivity index (χ4v) is 4.53. The molecule has 1 atom stereocenters. The summed E-state index contributed by atoms with van der Waals surface area (Å²) in [6.07, 6.45) is 4.93. The van der Waals surface area contributed by atoms with Crippen LogP contribution in [-0.4, -0.2) is 44.4 Å². The lowest BCUT2D eigenvalue weighted by atomic mass is 10.0. The number of carbonyl (C=O) groups excluding carboxylic acids is 1. The number of anilines is 1. The maximum Gasteiger partial charge on any atom is 0.471 e. The van der Waals surface area contributed by atoms with E-state index in [2.05, 4.69) is 16.5 Å². The van der Waals surface area contributed by atoms with Crippen molar-refractivity contribution < 1.29 is 28.4 Å². The summed E-state index contributed by atoms with van der Waals surface area (Å²) < 4.78 is 23.4. The molecule has 4 aromatic rings. The van der Waals surface area contributed by atoms with Gasteiger partial charge in [-0.1, -0.05) is 6.58 Å². The Labute approximate surface area is 218 Å². The molecule has 0 bridgehead atoms. The van der Waals surface area contributed by atoms with E-state index >= 15 is 0 Å². The molecule has 38 heavy (non-hydrogen) atoms. The average Bonchev–Trinajstić information content (AvgIpc) is 3.30. The Balaban J connectivity index is 1.93. The molecule has 3 aromatic heterocycles. The number of phosphoric ester groups is 1. The van der Waals surface area contributed by atoms with Gasteiger partial charge in [0.05, 0.1) is 7.11 Å². The van der Waals surface area contributed by atoms with Gasteiger partial charge in [-0.25, -0.2) is 14.5 Å². The van der Waals surface area contributed by atoms with Crippen molar-refractivity contribution in [2.45, 2.75) is 13.2 Å². The highest BCUT2D eigenvalue weighted by molar-refractivity contribution is 7.46. The first kappa shape index (κ1) is 26.7.